The van der Waals surface area contributed by atoms with Gasteiger partial charge in [-0.05, 0) is 25.1 Å². The van der Waals surface area contributed by atoms with E-state index in [1.165, 1.54) is 17.8 Å². The number of hydrogen-bond acceptors (Lipinski definition) is 3. The standard InChI is InChI=1S/C13H15FN4O/c1-8(15)12-9(14)4-3-5-11(12)18-7-6-10(17-18)13(19)16-2/h3-8H,15H2,1-2H3,(H,16,19)/t8-/m1/s1. The Hall–Kier alpha value is -2.21. The molecule has 1 aromatic carbocycles. The monoisotopic (exact) mass is 262 g/mol. The Balaban J connectivity index is 2.50. The van der Waals surface area contributed by atoms with Crippen molar-refractivity contribution in [2.75, 3.05) is 7.05 Å². The molecule has 2 aromatic rings. The molecule has 0 saturated carbocycles. The molecule has 6 heteroatoms. The summed E-state index contributed by atoms with van der Waals surface area (Å²) >= 11 is 0. The molecule has 1 aromatic heterocycles. The normalized spacial score (nSPS) is 12.2. The molecular weight excluding hydrogens is 247 g/mol. The van der Waals surface area contributed by atoms with Crippen LogP contribution in [0.2, 0.25) is 0 Å². The molecule has 19 heavy (non-hydrogen) atoms. The van der Waals surface area contributed by atoms with Gasteiger partial charge in [-0.2, -0.15) is 5.10 Å². The molecule has 2 rings (SSSR count). The van der Waals surface area contributed by atoms with E-state index in [0.717, 1.165) is 0 Å². The van der Waals surface area contributed by atoms with E-state index < -0.39 is 6.04 Å². The van der Waals surface area contributed by atoms with Gasteiger partial charge in [0.1, 0.15) is 5.82 Å². The number of aromatic nitrogens is 2. The number of halogens is 1. The molecular formula is C13H15FN4O. The molecule has 5 nitrogen and oxygen atoms in total. The van der Waals surface area contributed by atoms with Crippen molar-refractivity contribution in [3.05, 3.63) is 47.5 Å². The number of rotatable bonds is 3. The maximum atomic E-state index is 13.8. The maximum absolute atomic E-state index is 13.8. The van der Waals surface area contributed by atoms with Crippen molar-refractivity contribution in [1.82, 2.24) is 15.1 Å². The van der Waals surface area contributed by atoms with Crippen LogP contribution in [0.3, 0.4) is 0 Å². The van der Waals surface area contributed by atoms with Gasteiger partial charge in [-0.15, -0.1) is 0 Å². The summed E-state index contributed by atoms with van der Waals surface area (Å²) < 4.78 is 15.3. The highest BCUT2D eigenvalue weighted by Crippen LogP contribution is 2.23. The van der Waals surface area contributed by atoms with Gasteiger partial charge in [-0.1, -0.05) is 6.07 Å². The van der Waals surface area contributed by atoms with Crippen molar-refractivity contribution >= 4 is 5.91 Å². The molecule has 0 bridgehead atoms. The van der Waals surface area contributed by atoms with Crippen LogP contribution in [0.15, 0.2) is 30.5 Å². The number of nitrogens with one attached hydrogen (secondary N) is 1. The first-order chi connectivity index (χ1) is 9.04. The first-order valence-electron chi connectivity index (χ1n) is 5.86. The maximum Gasteiger partial charge on any atom is 0.271 e. The third-order valence-electron chi connectivity index (χ3n) is 2.78. The largest absolute Gasteiger partial charge is 0.354 e. The van der Waals surface area contributed by atoms with E-state index in [1.807, 2.05) is 0 Å². The topological polar surface area (TPSA) is 72.9 Å². The lowest BCUT2D eigenvalue weighted by atomic mass is 10.1. The fourth-order valence-corrected chi connectivity index (χ4v) is 1.88. The molecule has 1 amide bonds. The van der Waals surface area contributed by atoms with E-state index in [0.29, 0.717) is 11.3 Å². The minimum atomic E-state index is -0.469. The summed E-state index contributed by atoms with van der Waals surface area (Å²) in [6, 6.07) is 5.74. The van der Waals surface area contributed by atoms with E-state index in [-0.39, 0.29) is 17.4 Å². The van der Waals surface area contributed by atoms with Crippen molar-refractivity contribution in [2.45, 2.75) is 13.0 Å². The van der Waals surface area contributed by atoms with Gasteiger partial charge >= 0.3 is 0 Å². The number of benzene rings is 1. The number of carbonyl (C=O) groups excluding carboxylic acids is 1. The minimum absolute atomic E-state index is 0.266. The van der Waals surface area contributed by atoms with Crippen LogP contribution < -0.4 is 11.1 Å². The SMILES string of the molecule is CNC(=O)c1ccn(-c2cccc(F)c2[C@@H](C)N)n1. The Morgan fingerprint density at radius 1 is 1.47 bits per heavy atom. The zero-order chi connectivity index (χ0) is 14.0. The summed E-state index contributed by atoms with van der Waals surface area (Å²) in [6.07, 6.45) is 1.60. The highest BCUT2D eigenvalue weighted by molar-refractivity contribution is 5.91. The van der Waals surface area contributed by atoms with Crippen LogP contribution in [-0.4, -0.2) is 22.7 Å². The Morgan fingerprint density at radius 2 is 2.21 bits per heavy atom. The van der Waals surface area contributed by atoms with Crippen LogP contribution in [0.1, 0.15) is 29.0 Å². The van der Waals surface area contributed by atoms with Crippen LogP contribution in [0.25, 0.3) is 5.69 Å². The van der Waals surface area contributed by atoms with Gasteiger partial charge in [-0.25, -0.2) is 9.07 Å². The lowest BCUT2D eigenvalue weighted by molar-refractivity contribution is 0.0957. The molecule has 0 spiro atoms. The Bertz CT molecular complexity index is 606. The van der Waals surface area contributed by atoms with Crippen molar-refractivity contribution < 1.29 is 9.18 Å². The quantitative estimate of drug-likeness (QED) is 0.878. The lowest BCUT2D eigenvalue weighted by Crippen LogP contribution is -2.19. The molecule has 3 N–H and O–H groups in total. The van der Waals surface area contributed by atoms with E-state index in [4.69, 9.17) is 5.73 Å². The summed E-state index contributed by atoms with van der Waals surface area (Å²) in [6.45, 7) is 1.70. The van der Waals surface area contributed by atoms with Crippen molar-refractivity contribution in [2.24, 2.45) is 5.73 Å². The number of nitrogens with zero attached hydrogens (tertiary/aromatic N) is 2. The summed E-state index contributed by atoms with van der Waals surface area (Å²) in [5.74, 6) is -0.679. The Morgan fingerprint density at radius 3 is 2.84 bits per heavy atom. The van der Waals surface area contributed by atoms with Crippen LogP contribution in [-0.2, 0) is 0 Å². The van der Waals surface area contributed by atoms with Crippen LogP contribution >= 0.6 is 0 Å². The van der Waals surface area contributed by atoms with Crippen molar-refractivity contribution in [1.29, 1.82) is 0 Å². The van der Waals surface area contributed by atoms with Crippen LogP contribution in [0.5, 0.6) is 0 Å². The van der Waals surface area contributed by atoms with Gasteiger partial charge in [-0.3, -0.25) is 4.79 Å². The first-order valence-corrected chi connectivity index (χ1v) is 5.86. The molecule has 1 atom stereocenters. The van der Waals surface area contributed by atoms with Gasteiger partial charge in [0.2, 0.25) is 0 Å². The third-order valence-corrected chi connectivity index (χ3v) is 2.78. The summed E-state index contributed by atoms with van der Waals surface area (Å²) in [5, 5.41) is 6.60. The smallest absolute Gasteiger partial charge is 0.271 e. The van der Waals surface area contributed by atoms with Gasteiger partial charge in [0.05, 0.1) is 5.69 Å². The van der Waals surface area contributed by atoms with Gasteiger partial charge in [0.25, 0.3) is 5.91 Å². The highest BCUT2D eigenvalue weighted by atomic mass is 19.1. The number of hydrogen-bond donors (Lipinski definition) is 2. The predicted molar refractivity (Wildman–Crippen MR) is 69.5 cm³/mol. The minimum Gasteiger partial charge on any atom is -0.354 e. The van der Waals surface area contributed by atoms with E-state index >= 15 is 0 Å². The number of amides is 1. The molecule has 100 valence electrons. The molecule has 0 saturated heterocycles. The first kappa shape index (κ1) is 13.2. The van der Waals surface area contributed by atoms with Gasteiger partial charge in [0.15, 0.2) is 5.69 Å². The van der Waals surface area contributed by atoms with Gasteiger partial charge < -0.3 is 11.1 Å². The van der Waals surface area contributed by atoms with Crippen molar-refractivity contribution in [3.8, 4) is 5.69 Å². The Kier molecular flexibility index (Phi) is 3.62. The zero-order valence-corrected chi connectivity index (χ0v) is 10.7. The average Bonchev–Trinajstić information content (AvgIpc) is 2.86. The van der Waals surface area contributed by atoms with Gasteiger partial charge in [0, 0.05) is 24.8 Å². The molecule has 0 aliphatic carbocycles. The lowest BCUT2D eigenvalue weighted by Gasteiger charge is -2.13. The van der Waals surface area contributed by atoms with E-state index in [9.17, 15) is 9.18 Å². The summed E-state index contributed by atoms with van der Waals surface area (Å²) in [7, 11) is 1.52. The van der Waals surface area contributed by atoms with E-state index in [1.54, 1.807) is 31.3 Å². The Labute approximate surface area is 110 Å². The third kappa shape index (κ3) is 2.48. The molecule has 0 fully saturated rings. The second-order valence-electron chi connectivity index (χ2n) is 4.19. The average molecular weight is 262 g/mol. The van der Waals surface area contributed by atoms with Crippen LogP contribution in [0, 0.1) is 5.82 Å². The van der Waals surface area contributed by atoms with Crippen LogP contribution in [0.4, 0.5) is 4.39 Å². The highest BCUT2D eigenvalue weighted by Gasteiger charge is 2.15. The molecule has 0 radical (unpaired) electrons. The fourth-order valence-electron chi connectivity index (χ4n) is 1.88. The molecule has 0 aliphatic rings. The number of nitrogens with two attached hydrogens (primary N) is 1. The van der Waals surface area contributed by atoms with E-state index in [2.05, 4.69) is 10.4 Å². The summed E-state index contributed by atoms with van der Waals surface area (Å²) in [4.78, 5) is 11.5. The summed E-state index contributed by atoms with van der Waals surface area (Å²) in [5.41, 5.74) is 6.95. The van der Waals surface area contributed by atoms with Crippen molar-refractivity contribution in [3.63, 3.8) is 0 Å². The fraction of sp³-hybridized carbons (Fsp3) is 0.231. The predicted octanol–water partition coefficient (Wildman–Crippen LogP) is 1.39. The zero-order valence-electron chi connectivity index (χ0n) is 10.7. The molecule has 0 aliphatic heterocycles. The molecule has 0 unspecified atom stereocenters. The second kappa shape index (κ2) is 5.19. The molecule has 1 heterocycles. The number of carbonyl (C=O) groups is 1. The second-order valence-corrected chi connectivity index (χ2v) is 4.19.